The molecule has 1 unspecified atom stereocenters. The second-order valence-corrected chi connectivity index (χ2v) is 9.00. The minimum absolute atomic E-state index is 0.0904. The number of hydrogen-bond acceptors (Lipinski definition) is 5. The maximum absolute atomic E-state index is 12.7. The maximum atomic E-state index is 12.7. The van der Waals surface area contributed by atoms with Crippen molar-refractivity contribution in [3.05, 3.63) is 29.8 Å². The quantitative estimate of drug-likeness (QED) is 0.761. The largest absolute Gasteiger partial charge is 0.486 e. The van der Waals surface area contributed by atoms with Crippen LogP contribution in [-0.2, 0) is 14.6 Å². The highest BCUT2D eigenvalue weighted by Gasteiger charge is 2.41. The van der Waals surface area contributed by atoms with Crippen LogP contribution in [0, 0.1) is 0 Å². The number of rotatable bonds is 4. The molecule has 134 valence electrons. The highest BCUT2D eigenvalue weighted by atomic mass is 32.2. The lowest BCUT2D eigenvalue weighted by atomic mass is 10.1. The molecule has 6 nitrogen and oxygen atoms in total. The Morgan fingerprint density at radius 3 is 2.52 bits per heavy atom. The number of carbonyl (C=O) groups excluding carboxylic acids is 1. The molecule has 7 heteroatoms. The van der Waals surface area contributed by atoms with Crippen molar-refractivity contribution < 1.29 is 22.7 Å². The fourth-order valence-electron chi connectivity index (χ4n) is 3.42. The van der Waals surface area contributed by atoms with Crippen molar-refractivity contribution in [2.75, 3.05) is 24.7 Å². The molecule has 1 aromatic carbocycles. The molecule has 0 N–H and O–H groups in total. The molecule has 0 bridgehead atoms. The molecule has 2 aliphatic heterocycles. The third kappa shape index (κ3) is 3.66. The molecule has 4 rings (SSSR count). The Morgan fingerprint density at radius 2 is 1.84 bits per heavy atom. The maximum Gasteiger partial charge on any atom is 0.247 e. The number of ether oxygens (including phenoxy) is 2. The van der Waals surface area contributed by atoms with Gasteiger partial charge < -0.3 is 14.4 Å². The molecule has 1 aromatic rings. The van der Waals surface area contributed by atoms with Gasteiger partial charge in [-0.2, -0.15) is 0 Å². The number of fused-ring (bicyclic) bond motifs is 1. The molecule has 25 heavy (non-hydrogen) atoms. The van der Waals surface area contributed by atoms with Crippen LogP contribution in [0.5, 0.6) is 11.5 Å². The van der Waals surface area contributed by atoms with E-state index < -0.39 is 9.84 Å². The summed E-state index contributed by atoms with van der Waals surface area (Å²) in [5.41, 5.74) is 0.854. The van der Waals surface area contributed by atoms with E-state index in [1.54, 1.807) is 11.0 Å². The van der Waals surface area contributed by atoms with E-state index in [1.165, 1.54) is 6.08 Å². The summed E-state index contributed by atoms with van der Waals surface area (Å²) in [6.45, 7) is 1.06. The van der Waals surface area contributed by atoms with E-state index in [0.717, 1.165) is 18.4 Å². The third-order valence-electron chi connectivity index (χ3n) is 4.78. The van der Waals surface area contributed by atoms with E-state index in [1.807, 2.05) is 18.2 Å². The second-order valence-electron chi connectivity index (χ2n) is 6.77. The summed E-state index contributed by atoms with van der Waals surface area (Å²) in [4.78, 5) is 14.5. The predicted octanol–water partition coefficient (Wildman–Crippen LogP) is 1.65. The topological polar surface area (TPSA) is 72.9 Å². The highest BCUT2D eigenvalue weighted by Crippen LogP contribution is 2.33. The van der Waals surface area contributed by atoms with Gasteiger partial charge in [0, 0.05) is 18.2 Å². The SMILES string of the molecule is O=C(/C=C/c1ccc2c(c1)OCCO2)N(C1CC1)C1CCS(=O)(=O)C1. The molecule has 2 fully saturated rings. The molecule has 1 aliphatic carbocycles. The van der Waals surface area contributed by atoms with Crippen LogP contribution in [0.3, 0.4) is 0 Å². The van der Waals surface area contributed by atoms with E-state index in [2.05, 4.69) is 0 Å². The van der Waals surface area contributed by atoms with Crippen molar-refractivity contribution >= 4 is 21.8 Å². The van der Waals surface area contributed by atoms with Gasteiger partial charge in [0.25, 0.3) is 0 Å². The van der Waals surface area contributed by atoms with Crippen LogP contribution in [0.15, 0.2) is 24.3 Å². The van der Waals surface area contributed by atoms with Gasteiger partial charge in [-0.15, -0.1) is 0 Å². The summed E-state index contributed by atoms with van der Waals surface area (Å²) in [5, 5.41) is 0. The van der Waals surface area contributed by atoms with Gasteiger partial charge in [-0.25, -0.2) is 8.42 Å². The smallest absolute Gasteiger partial charge is 0.247 e. The summed E-state index contributed by atoms with van der Waals surface area (Å²) in [6, 6.07) is 5.56. The number of amides is 1. The van der Waals surface area contributed by atoms with Crippen LogP contribution in [0.25, 0.3) is 6.08 Å². The first kappa shape index (κ1) is 16.4. The summed E-state index contributed by atoms with van der Waals surface area (Å²) in [5.74, 6) is 1.56. The van der Waals surface area contributed by atoms with E-state index >= 15 is 0 Å². The Bertz CT molecular complexity index is 813. The molecule has 0 radical (unpaired) electrons. The van der Waals surface area contributed by atoms with Crippen LogP contribution in [0.2, 0.25) is 0 Å². The van der Waals surface area contributed by atoms with Crippen molar-refractivity contribution in [2.24, 2.45) is 0 Å². The Hall–Kier alpha value is -2.02. The summed E-state index contributed by atoms with van der Waals surface area (Å²) < 4.78 is 34.5. The molecular formula is C18H21NO5S. The van der Waals surface area contributed by atoms with Crippen LogP contribution in [0.1, 0.15) is 24.8 Å². The average molecular weight is 363 g/mol. The number of nitrogens with zero attached hydrogens (tertiary/aromatic N) is 1. The van der Waals surface area contributed by atoms with Gasteiger partial charge in [-0.3, -0.25) is 4.79 Å². The van der Waals surface area contributed by atoms with Crippen molar-refractivity contribution in [1.29, 1.82) is 0 Å². The van der Waals surface area contributed by atoms with E-state index in [9.17, 15) is 13.2 Å². The number of benzene rings is 1. The Kier molecular flexibility index (Phi) is 4.19. The van der Waals surface area contributed by atoms with E-state index in [-0.39, 0.29) is 29.5 Å². The fraction of sp³-hybridized carbons (Fsp3) is 0.500. The molecule has 1 saturated carbocycles. The van der Waals surface area contributed by atoms with Gasteiger partial charge in [0.05, 0.1) is 11.5 Å². The number of sulfone groups is 1. The van der Waals surface area contributed by atoms with Gasteiger partial charge in [-0.05, 0) is 43.0 Å². The third-order valence-corrected chi connectivity index (χ3v) is 6.53. The minimum atomic E-state index is -3.01. The summed E-state index contributed by atoms with van der Waals surface area (Å²) >= 11 is 0. The molecule has 2 heterocycles. The Morgan fingerprint density at radius 1 is 1.08 bits per heavy atom. The zero-order chi connectivity index (χ0) is 17.4. The monoisotopic (exact) mass is 363 g/mol. The van der Waals surface area contributed by atoms with Crippen LogP contribution >= 0.6 is 0 Å². The molecule has 0 aromatic heterocycles. The van der Waals surface area contributed by atoms with Crippen molar-refractivity contribution in [3.63, 3.8) is 0 Å². The molecule has 1 saturated heterocycles. The van der Waals surface area contributed by atoms with E-state index in [4.69, 9.17) is 9.47 Å². The highest BCUT2D eigenvalue weighted by molar-refractivity contribution is 7.91. The van der Waals surface area contributed by atoms with E-state index in [0.29, 0.717) is 31.1 Å². The van der Waals surface area contributed by atoms with Gasteiger partial charge in [0.2, 0.25) is 5.91 Å². The Labute approximate surface area is 147 Å². The van der Waals surface area contributed by atoms with Crippen molar-refractivity contribution in [1.82, 2.24) is 4.90 Å². The molecule has 0 spiro atoms. The lowest BCUT2D eigenvalue weighted by Gasteiger charge is -2.27. The zero-order valence-electron chi connectivity index (χ0n) is 13.9. The first-order chi connectivity index (χ1) is 12.0. The minimum Gasteiger partial charge on any atom is -0.486 e. The summed E-state index contributed by atoms with van der Waals surface area (Å²) in [6.07, 6.45) is 5.75. The van der Waals surface area contributed by atoms with Crippen molar-refractivity contribution in [2.45, 2.75) is 31.3 Å². The van der Waals surface area contributed by atoms with Gasteiger partial charge in [0.1, 0.15) is 13.2 Å². The Balaban J connectivity index is 1.49. The predicted molar refractivity (Wildman–Crippen MR) is 93.4 cm³/mol. The zero-order valence-corrected chi connectivity index (χ0v) is 14.7. The van der Waals surface area contributed by atoms with Gasteiger partial charge in [-0.1, -0.05) is 6.07 Å². The van der Waals surface area contributed by atoms with Crippen LogP contribution in [-0.4, -0.2) is 56.0 Å². The molecule has 3 aliphatic rings. The first-order valence-electron chi connectivity index (χ1n) is 8.62. The molecule has 1 atom stereocenters. The average Bonchev–Trinajstić information content (AvgIpc) is 3.36. The van der Waals surface area contributed by atoms with Gasteiger partial charge >= 0.3 is 0 Å². The first-order valence-corrected chi connectivity index (χ1v) is 10.4. The lowest BCUT2D eigenvalue weighted by Crippen LogP contribution is -2.41. The lowest BCUT2D eigenvalue weighted by molar-refractivity contribution is -0.128. The normalized spacial score (nSPS) is 24.4. The fourth-order valence-corrected chi connectivity index (χ4v) is 5.13. The summed E-state index contributed by atoms with van der Waals surface area (Å²) in [7, 11) is -3.01. The second kappa shape index (κ2) is 6.37. The van der Waals surface area contributed by atoms with Crippen molar-refractivity contribution in [3.8, 4) is 11.5 Å². The number of carbonyl (C=O) groups is 1. The molecule has 1 amide bonds. The van der Waals surface area contributed by atoms with Crippen LogP contribution in [0.4, 0.5) is 0 Å². The van der Waals surface area contributed by atoms with Gasteiger partial charge in [0.15, 0.2) is 21.3 Å². The molecular weight excluding hydrogens is 342 g/mol. The van der Waals surface area contributed by atoms with Crippen LogP contribution < -0.4 is 9.47 Å². The standard InChI is InChI=1S/C18H21NO5S/c20-18(19(14-3-4-14)15-7-10-25(21,22)12-15)6-2-13-1-5-16-17(11-13)24-9-8-23-16/h1-2,5-6,11,14-15H,3-4,7-10,12H2/b6-2+. The number of hydrogen-bond donors (Lipinski definition) is 0.